The van der Waals surface area contributed by atoms with Crippen LogP contribution in [0.5, 0.6) is 5.75 Å². The summed E-state index contributed by atoms with van der Waals surface area (Å²) in [6, 6.07) is 9.61. The monoisotopic (exact) mass is 299 g/mol. The van der Waals surface area contributed by atoms with Gasteiger partial charge in [-0.3, -0.25) is 0 Å². The van der Waals surface area contributed by atoms with Gasteiger partial charge in [-0.25, -0.2) is 9.97 Å². The van der Waals surface area contributed by atoms with Gasteiger partial charge in [-0.1, -0.05) is 6.07 Å². The van der Waals surface area contributed by atoms with Gasteiger partial charge in [0.15, 0.2) is 0 Å². The number of nitrogens with two attached hydrogens (primary N) is 1. The Balaban J connectivity index is 1.65. The standard InChI is InChI=1S/C16H21N5O/c1-21-7-5-13(6-8-21)22-14-4-2-3-12(9-14)20-16-10-15(17)18-11-19-16/h2-4,9-11,13H,5-8H2,1H3,(H3,17,18,19,20). The number of aromatic nitrogens is 2. The van der Waals surface area contributed by atoms with Crippen molar-refractivity contribution in [1.29, 1.82) is 0 Å². The third kappa shape index (κ3) is 3.85. The van der Waals surface area contributed by atoms with E-state index < -0.39 is 0 Å². The van der Waals surface area contributed by atoms with Crippen LogP contribution in [-0.2, 0) is 0 Å². The molecule has 0 radical (unpaired) electrons. The molecule has 0 atom stereocenters. The largest absolute Gasteiger partial charge is 0.490 e. The molecule has 2 heterocycles. The summed E-state index contributed by atoms with van der Waals surface area (Å²) in [4.78, 5) is 10.4. The molecule has 1 saturated heterocycles. The summed E-state index contributed by atoms with van der Waals surface area (Å²) in [5.74, 6) is 1.99. The number of likely N-dealkylation sites (tertiary alicyclic amines) is 1. The fourth-order valence-electron chi connectivity index (χ4n) is 2.53. The second-order valence-electron chi connectivity index (χ2n) is 5.60. The number of hydrogen-bond donors (Lipinski definition) is 2. The molecule has 1 aliphatic rings. The number of piperidine rings is 1. The summed E-state index contributed by atoms with van der Waals surface area (Å²) in [6.45, 7) is 2.17. The average Bonchev–Trinajstić information content (AvgIpc) is 2.50. The van der Waals surface area contributed by atoms with Crippen molar-refractivity contribution in [1.82, 2.24) is 14.9 Å². The number of anilines is 3. The third-order valence-electron chi connectivity index (χ3n) is 3.76. The first-order valence-electron chi connectivity index (χ1n) is 7.49. The van der Waals surface area contributed by atoms with Crippen LogP contribution in [0.1, 0.15) is 12.8 Å². The van der Waals surface area contributed by atoms with E-state index in [2.05, 4.69) is 27.2 Å². The Morgan fingerprint density at radius 1 is 1.23 bits per heavy atom. The topological polar surface area (TPSA) is 76.3 Å². The van der Waals surface area contributed by atoms with Gasteiger partial charge in [0.25, 0.3) is 0 Å². The molecule has 0 saturated carbocycles. The summed E-state index contributed by atoms with van der Waals surface area (Å²) in [7, 11) is 2.15. The first kappa shape index (κ1) is 14.6. The molecule has 0 amide bonds. The van der Waals surface area contributed by atoms with Crippen molar-refractivity contribution in [3.05, 3.63) is 36.7 Å². The van der Waals surface area contributed by atoms with Gasteiger partial charge in [0.2, 0.25) is 0 Å². The maximum atomic E-state index is 6.08. The lowest BCUT2D eigenvalue weighted by Crippen LogP contribution is -2.35. The van der Waals surface area contributed by atoms with Crippen LogP contribution in [0.15, 0.2) is 36.7 Å². The van der Waals surface area contributed by atoms with Crippen molar-refractivity contribution in [2.24, 2.45) is 0 Å². The van der Waals surface area contributed by atoms with Crippen molar-refractivity contribution < 1.29 is 4.74 Å². The fraction of sp³-hybridized carbons (Fsp3) is 0.375. The van der Waals surface area contributed by atoms with Gasteiger partial charge >= 0.3 is 0 Å². The molecule has 2 aromatic rings. The Kier molecular flexibility index (Phi) is 4.39. The summed E-state index contributed by atoms with van der Waals surface area (Å²) >= 11 is 0. The predicted molar refractivity (Wildman–Crippen MR) is 87.3 cm³/mol. The van der Waals surface area contributed by atoms with Crippen LogP contribution in [0.4, 0.5) is 17.3 Å². The van der Waals surface area contributed by atoms with E-state index in [1.54, 1.807) is 6.07 Å². The van der Waals surface area contributed by atoms with E-state index in [1.165, 1.54) is 6.33 Å². The minimum atomic E-state index is 0.293. The zero-order chi connectivity index (χ0) is 15.4. The summed E-state index contributed by atoms with van der Waals surface area (Å²) in [5.41, 5.74) is 6.58. The van der Waals surface area contributed by atoms with Crippen LogP contribution in [-0.4, -0.2) is 41.1 Å². The van der Waals surface area contributed by atoms with E-state index in [9.17, 15) is 0 Å². The molecule has 6 heteroatoms. The molecular weight excluding hydrogens is 278 g/mol. The third-order valence-corrected chi connectivity index (χ3v) is 3.76. The Hall–Kier alpha value is -2.34. The zero-order valence-corrected chi connectivity index (χ0v) is 12.7. The second kappa shape index (κ2) is 6.62. The molecule has 1 aromatic heterocycles. The molecule has 1 aliphatic heterocycles. The second-order valence-corrected chi connectivity index (χ2v) is 5.60. The maximum absolute atomic E-state index is 6.08. The molecule has 3 rings (SSSR count). The van der Waals surface area contributed by atoms with Crippen LogP contribution < -0.4 is 15.8 Å². The number of hydrogen-bond acceptors (Lipinski definition) is 6. The van der Waals surface area contributed by atoms with E-state index >= 15 is 0 Å². The van der Waals surface area contributed by atoms with E-state index in [4.69, 9.17) is 10.5 Å². The Bertz CT molecular complexity index is 625. The molecule has 3 N–H and O–H groups in total. The summed E-state index contributed by atoms with van der Waals surface area (Å²) < 4.78 is 6.08. The SMILES string of the molecule is CN1CCC(Oc2cccc(Nc3cc(N)ncn3)c2)CC1. The van der Waals surface area contributed by atoms with Gasteiger partial charge in [0.05, 0.1) is 0 Å². The number of ether oxygens (including phenoxy) is 1. The molecule has 1 fully saturated rings. The minimum absolute atomic E-state index is 0.293. The van der Waals surface area contributed by atoms with Crippen LogP contribution in [0.3, 0.4) is 0 Å². The van der Waals surface area contributed by atoms with Crippen LogP contribution >= 0.6 is 0 Å². The quantitative estimate of drug-likeness (QED) is 0.902. The highest BCUT2D eigenvalue weighted by Gasteiger charge is 2.17. The van der Waals surface area contributed by atoms with Crippen LogP contribution in [0, 0.1) is 0 Å². The highest BCUT2D eigenvalue weighted by atomic mass is 16.5. The lowest BCUT2D eigenvalue weighted by molar-refractivity contribution is 0.114. The van der Waals surface area contributed by atoms with Crippen LogP contribution in [0.25, 0.3) is 0 Å². The van der Waals surface area contributed by atoms with Gasteiger partial charge in [-0.2, -0.15) is 0 Å². The zero-order valence-electron chi connectivity index (χ0n) is 12.7. The van der Waals surface area contributed by atoms with E-state index in [0.29, 0.717) is 17.7 Å². The van der Waals surface area contributed by atoms with Gasteiger partial charge in [0.1, 0.15) is 29.8 Å². The normalized spacial score (nSPS) is 16.4. The lowest BCUT2D eigenvalue weighted by Gasteiger charge is -2.29. The molecule has 6 nitrogen and oxygen atoms in total. The number of nitrogens with zero attached hydrogens (tertiary/aromatic N) is 3. The highest BCUT2D eigenvalue weighted by Crippen LogP contribution is 2.23. The molecule has 0 aliphatic carbocycles. The Morgan fingerprint density at radius 3 is 2.82 bits per heavy atom. The summed E-state index contributed by atoms with van der Waals surface area (Å²) in [5, 5.41) is 3.21. The van der Waals surface area contributed by atoms with Crippen molar-refractivity contribution >= 4 is 17.3 Å². The fourth-order valence-corrected chi connectivity index (χ4v) is 2.53. The van der Waals surface area contributed by atoms with Crippen molar-refractivity contribution in [2.75, 3.05) is 31.2 Å². The van der Waals surface area contributed by atoms with Crippen LogP contribution in [0.2, 0.25) is 0 Å². The van der Waals surface area contributed by atoms with Gasteiger partial charge in [-0.05, 0) is 32.0 Å². The molecule has 1 aromatic carbocycles. The van der Waals surface area contributed by atoms with E-state index in [1.807, 2.05) is 24.3 Å². The van der Waals surface area contributed by atoms with E-state index in [0.717, 1.165) is 37.4 Å². The lowest BCUT2D eigenvalue weighted by atomic mass is 10.1. The average molecular weight is 299 g/mol. The Labute approximate surface area is 130 Å². The van der Waals surface area contributed by atoms with Gasteiger partial charge in [-0.15, -0.1) is 0 Å². The molecule has 0 spiro atoms. The van der Waals surface area contributed by atoms with Gasteiger partial charge in [0, 0.05) is 30.9 Å². The molecule has 0 unspecified atom stereocenters. The first-order valence-corrected chi connectivity index (χ1v) is 7.49. The van der Waals surface area contributed by atoms with E-state index in [-0.39, 0.29) is 0 Å². The highest BCUT2D eigenvalue weighted by molar-refractivity contribution is 5.59. The number of rotatable bonds is 4. The smallest absolute Gasteiger partial charge is 0.135 e. The van der Waals surface area contributed by atoms with Crippen molar-refractivity contribution in [3.63, 3.8) is 0 Å². The Morgan fingerprint density at radius 2 is 2.05 bits per heavy atom. The first-order chi connectivity index (χ1) is 10.7. The van der Waals surface area contributed by atoms with Crippen molar-refractivity contribution in [2.45, 2.75) is 18.9 Å². The molecule has 116 valence electrons. The molecule has 0 bridgehead atoms. The molecular formula is C16H21N5O. The minimum Gasteiger partial charge on any atom is -0.490 e. The number of nitrogen functional groups attached to an aromatic ring is 1. The van der Waals surface area contributed by atoms with Crippen molar-refractivity contribution in [3.8, 4) is 5.75 Å². The summed E-state index contributed by atoms with van der Waals surface area (Å²) in [6.07, 6.45) is 3.87. The molecule has 22 heavy (non-hydrogen) atoms. The predicted octanol–water partition coefficient (Wildman–Crippen LogP) is 2.28. The van der Waals surface area contributed by atoms with Gasteiger partial charge < -0.3 is 20.7 Å². The number of nitrogens with one attached hydrogen (secondary N) is 1. The number of benzene rings is 1. The maximum Gasteiger partial charge on any atom is 0.135 e.